The van der Waals surface area contributed by atoms with Crippen LogP contribution < -0.4 is 20.4 Å². The Balaban J connectivity index is 1.54. The van der Waals surface area contributed by atoms with Crippen LogP contribution in [0.3, 0.4) is 0 Å². The quantitative estimate of drug-likeness (QED) is 0.816. The number of morpholine rings is 1. The van der Waals surface area contributed by atoms with Crippen molar-refractivity contribution in [2.24, 2.45) is 0 Å². The van der Waals surface area contributed by atoms with E-state index >= 15 is 0 Å². The minimum Gasteiger partial charge on any atom is -0.378 e. The molecule has 2 aromatic rings. The normalized spacial score (nSPS) is 17.5. The number of hydrogen-bond donors (Lipinski definition) is 2. The monoisotopic (exact) mass is 402 g/mol. The van der Waals surface area contributed by atoms with Gasteiger partial charge in [-0.2, -0.15) is 4.37 Å². The number of amides is 2. The van der Waals surface area contributed by atoms with Crippen LogP contribution in [0.5, 0.6) is 0 Å². The smallest absolute Gasteiger partial charge is 0.325 e. The molecule has 0 bridgehead atoms. The first-order valence-corrected chi connectivity index (χ1v) is 10.6. The van der Waals surface area contributed by atoms with E-state index in [1.54, 1.807) is 6.92 Å². The number of piperidine rings is 1. The molecule has 4 rings (SSSR count). The molecular weight excluding hydrogens is 376 g/mol. The molecule has 0 saturated carbocycles. The number of nitrogens with one attached hydrogen (secondary N) is 2. The summed E-state index contributed by atoms with van der Waals surface area (Å²) >= 11 is 1.18. The Morgan fingerprint density at radius 2 is 1.86 bits per heavy atom. The van der Waals surface area contributed by atoms with Gasteiger partial charge in [-0.3, -0.25) is 5.32 Å². The molecule has 0 spiro atoms. The maximum Gasteiger partial charge on any atom is 0.325 e. The highest BCUT2D eigenvalue weighted by Crippen LogP contribution is 2.33. The van der Waals surface area contributed by atoms with Crippen LogP contribution in [0, 0.1) is 6.92 Å². The summed E-state index contributed by atoms with van der Waals surface area (Å²) in [5.74, 6) is 0.657. The predicted octanol–water partition coefficient (Wildman–Crippen LogP) is 3.32. The molecule has 2 aliphatic heterocycles. The van der Waals surface area contributed by atoms with Crippen LogP contribution in [0.4, 0.5) is 27.0 Å². The Morgan fingerprint density at radius 1 is 1.07 bits per heavy atom. The van der Waals surface area contributed by atoms with Crippen LogP contribution in [0.25, 0.3) is 0 Å². The molecule has 1 aromatic carbocycles. The molecule has 9 heteroatoms. The fourth-order valence-corrected chi connectivity index (χ4v) is 4.21. The second kappa shape index (κ2) is 8.74. The highest BCUT2D eigenvalue weighted by atomic mass is 32.1. The number of hydrogen-bond acceptors (Lipinski definition) is 7. The van der Waals surface area contributed by atoms with Crippen LogP contribution >= 0.6 is 11.5 Å². The maximum atomic E-state index is 12.5. The molecule has 2 aliphatic rings. The standard InChI is InChI=1S/C19H26N6O2S/c1-14-20-19(28-23-14)22-18(26)21-16-6-5-15(24-9-11-27-12-10-24)13-17(16)25-7-3-2-4-8-25/h5-6,13H,2-4,7-12H2,1H3,(H2,20,21,22,23,26). The Hall–Kier alpha value is -2.39. The summed E-state index contributed by atoms with van der Waals surface area (Å²) in [7, 11) is 0. The number of aromatic nitrogens is 2. The third kappa shape index (κ3) is 4.53. The van der Waals surface area contributed by atoms with Crippen molar-refractivity contribution in [2.75, 3.05) is 59.8 Å². The van der Waals surface area contributed by atoms with E-state index in [2.05, 4.69) is 41.9 Å². The van der Waals surface area contributed by atoms with Gasteiger partial charge in [0.15, 0.2) is 0 Å². The van der Waals surface area contributed by atoms with Gasteiger partial charge in [0.1, 0.15) is 5.82 Å². The SMILES string of the molecule is Cc1nsc(NC(=O)Nc2ccc(N3CCOCC3)cc2N2CCCCC2)n1. The number of rotatable bonds is 4. The van der Waals surface area contributed by atoms with Crippen molar-refractivity contribution >= 4 is 39.8 Å². The van der Waals surface area contributed by atoms with Gasteiger partial charge in [-0.05, 0) is 44.4 Å². The number of carbonyl (C=O) groups excluding carboxylic acids is 1. The Kier molecular flexibility index (Phi) is 5.92. The van der Waals surface area contributed by atoms with Crippen LogP contribution in [0.2, 0.25) is 0 Å². The summed E-state index contributed by atoms with van der Waals surface area (Å²) in [5, 5.41) is 6.27. The second-order valence-corrected chi connectivity index (χ2v) is 7.83. The third-order valence-corrected chi connectivity index (χ3v) is 5.77. The summed E-state index contributed by atoms with van der Waals surface area (Å²) in [6, 6.07) is 5.97. The Labute approximate surface area is 169 Å². The van der Waals surface area contributed by atoms with E-state index in [9.17, 15) is 4.79 Å². The first-order chi connectivity index (χ1) is 13.7. The molecule has 28 heavy (non-hydrogen) atoms. The van der Waals surface area contributed by atoms with Gasteiger partial charge in [0.2, 0.25) is 5.13 Å². The molecule has 0 atom stereocenters. The molecule has 8 nitrogen and oxygen atoms in total. The highest BCUT2D eigenvalue weighted by molar-refractivity contribution is 7.09. The molecule has 150 valence electrons. The second-order valence-electron chi connectivity index (χ2n) is 7.07. The van der Waals surface area contributed by atoms with Gasteiger partial charge >= 0.3 is 6.03 Å². The van der Waals surface area contributed by atoms with Crippen molar-refractivity contribution in [3.63, 3.8) is 0 Å². The summed E-state index contributed by atoms with van der Waals surface area (Å²) in [6.07, 6.45) is 3.62. The van der Waals surface area contributed by atoms with E-state index < -0.39 is 0 Å². The summed E-state index contributed by atoms with van der Waals surface area (Å²) in [4.78, 5) is 21.4. The molecule has 2 fully saturated rings. The van der Waals surface area contributed by atoms with E-state index in [0.717, 1.165) is 50.8 Å². The summed E-state index contributed by atoms with van der Waals surface area (Å²) in [6.45, 7) is 7.12. The van der Waals surface area contributed by atoms with Gasteiger partial charge in [0.25, 0.3) is 0 Å². The number of aryl methyl sites for hydroxylation is 1. The van der Waals surface area contributed by atoms with Gasteiger partial charge in [-0.25, -0.2) is 9.78 Å². The predicted molar refractivity (Wildman–Crippen MR) is 113 cm³/mol. The minimum absolute atomic E-state index is 0.298. The number of ether oxygens (including phenoxy) is 1. The van der Waals surface area contributed by atoms with Crippen molar-refractivity contribution in [3.8, 4) is 0 Å². The van der Waals surface area contributed by atoms with Gasteiger partial charge < -0.3 is 19.9 Å². The zero-order chi connectivity index (χ0) is 19.3. The van der Waals surface area contributed by atoms with Crippen molar-refractivity contribution < 1.29 is 9.53 Å². The summed E-state index contributed by atoms with van der Waals surface area (Å²) in [5.41, 5.74) is 3.07. The third-order valence-electron chi connectivity index (χ3n) is 5.05. The van der Waals surface area contributed by atoms with Gasteiger partial charge in [-0.1, -0.05) is 0 Å². The maximum absolute atomic E-state index is 12.5. The Bertz CT molecular complexity index is 815. The lowest BCUT2D eigenvalue weighted by Gasteiger charge is -2.33. The number of nitrogens with zero attached hydrogens (tertiary/aromatic N) is 4. The molecule has 2 amide bonds. The fraction of sp³-hybridized carbons (Fsp3) is 0.526. The molecule has 0 aliphatic carbocycles. The van der Waals surface area contributed by atoms with E-state index in [4.69, 9.17) is 4.74 Å². The van der Waals surface area contributed by atoms with Gasteiger partial charge in [0.05, 0.1) is 24.6 Å². The average molecular weight is 403 g/mol. The van der Waals surface area contributed by atoms with Crippen molar-refractivity contribution in [3.05, 3.63) is 24.0 Å². The molecular formula is C19H26N6O2S. The minimum atomic E-state index is -0.298. The van der Waals surface area contributed by atoms with Gasteiger partial charge in [-0.15, -0.1) is 0 Å². The number of anilines is 4. The van der Waals surface area contributed by atoms with Crippen LogP contribution in [0.15, 0.2) is 18.2 Å². The summed E-state index contributed by atoms with van der Waals surface area (Å²) < 4.78 is 9.57. The first kappa shape index (κ1) is 18.9. The fourth-order valence-electron chi connectivity index (χ4n) is 3.64. The largest absolute Gasteiger partial charge is 0.378 e. The average Bonchev–Trinajstić information content (AvgIpc) is 3.14. The Morgan fingerprint density at radius 3 is 2.57 bits per heavy atom. The van der Waals surface area contributed by atoms with E-state index in [1.807, 2.05) is 6.07 Å². The lowest BCUT2D eigenvalue weighted by atomic mass is 10.1. The number of urea groups is 1. The molecule has 0 radical (unpaired) electrons. The van der Waals surface area contributed by atoms with Crippen LogP contribution in [-0.4, -0.2) is 54.8 Å². The van der Waals surface area contributed by atoms with Crippen molar-refractivity contribution in [1.29, 1.82) is 0 Å². The molecule has 3 heterocycles. The number of benzene rings is 1. The lowest BCUT2D eigenvalue weighted by Crippen LogP contribution is -2.36. The van der Waals surface area contributed by atoms with Crippen LogP contribution in [0.1, 0.15) is 25.1 Å². The molecule has 2 saturated heterocycles. The van der Waals surface area contributed by atoms with E-state index in [0.29, 0.717) is 11.0 Å². The van der Waals surface area contributed by atoms with E-state index in [-0.39, 0.29) is 6.03 Å². The van der Waals surface area contributed by atoms with Crippen molar-refractivity contribution in [2.45, 2.75) is 26.2 Å². The molecule has 2 N–H and O–H groups in total. The first-order valence-electron chi connectivity index (χ1n) is 9.79. The van der Waals surface area contributed by atoms with Crippen molar-refractivity contribution in [1.82, 2.24) is 9.36 Å². The highest BCUT2D eigenvalue weighted by Gasteiger charge is 2.19. The van der Waals surface area contributed by atoms with Crippen LogP contribution in [-0.2, 0) is 4.74 Å². The molecule has 0 unspecified atom stereocenters. The zero-order valence-corrected chi connectivity index (χ0v) is 16.9. The topological polar surface area (TPSA) is 82.6 Å². The molecule has 1 aromatic heterocycles. The lowest BCUT2D eigenvalue weighted by molar-refractivity contribution is 0.122. The zero-order valence-electron chi connectivity index (χ0n) is 16.1. The van der Waals surface area contributed by atoms with Gasteiger partial charge in [0, 0.05) is 43.4 Å². The van der Waals surface area contributed by atoms with E-state index in [1.165, 1.54) is 36.5 Å². The number of carbonyl (C=O) groups is 1.